The SMILES string of the molecule is CCCCCCCC/C=C/CC/C=C/C(O)C(CO)NC(=O)C(O)CCCCCCCCCCCCCCCCCC/C=C\CCCCCCCCCCCCCC. The van der Waals surface area contributed by atoms with Crippen LogP contribution in [0.1, 0.15) is 271 Å². The molecule has 4 N–H and O–H groups in total. The van der Waals surface area contributed by atoms with Crippen LogP contribution in [0.4, 0.5) is 0 Å². The van der Waals surface area contributed by atoms with E-state index >= 15 is 0 Å². The number of carbonyl (C=O) groups excluding carboxylic acids is 1. The Balaban J connectivity index is 3.52. The molecule has 0 aromatic carbocycles. The number of rotatable bonds is 47. The number of hydrogen-bond acceptors (Lipinski definition) is 4. The predicted molar refractivity (Wildman–Crippen MR) is 254 cm³/mol. The first-order chi connectivity index (χ1) is 28.6. The summed E-state index contributed by atoms with van der Waals surface area (Å²) >= 11 is 0. The van der Waals surface area contributed by atoms with Crippen molar-refractivity contribution in [2.24, 2.45) is 0 Å². The van der Waals surface area contributed by atoms with Crippen LogP contribution in [0.25, 0.3) is 0 Å². The third-order valence-corrected chi connectivity index (χ3v) is 12.0. The number of aliphatic hydroxyl groups excluding tert-OH is 3. The Morgan fingerprint density at radius 2 is 0.707 bits per heavy atom. The summed E-state index contributed by atoms with van der Waals surface area (Å²) in [4.78, 5) is 12.5. The van der Waals surface area contributed by atoms with Crippen molar-refractivity contribution in [1.82, 2.24) is 5.32 Å². The number of carbonyl (C=O) groups is 1. The molecule has 0 rings (SSSR count). The van der Waals surface area contributed by atoms with Crippen LogP contribution < -0.4 is 5.32 Å². The summed E-state index contributed by atoms with van der Waals surface area (Å²) in [5.74, 6) is -0.512. The first-order valence-electron chi connectivity index (χ1n) is 25.8. The Hall–Kier alpha value is -1.43. The van der Waals surface area contributed by atoms with Crippen LogP contribution in [0.15, 0.2) is 36.5 Å². The Morgan fingerprint density at radius 1 is 0.414 bits per heavy atom. The van der Waals surface area contributed by atoms with E-state index in [1.54, 1.807) is 6.08 Å². The molecule has 0 aliphatic carbocycles. The van der Waals surface area contributed by atoms with Crippen LogP contribution in [-0.2, 0) is 4.79 Å². The van der Waals surface area contributed by atoms with E-state index in [4.69, 9.17) is 0 Å². The van der Waals surface area contributed by atoms with Gasteiger partial charge in [-0.25, -0.2) is 0 Å². The van der Waals surface area contributed by atoms with Gasteiger partial charge in [0, 0.05) is 0 Å². The van der Waals surface area contributed by atoms with Gasteiger partial charge >= 0.3 is 0 Å². The highest BCUT2D eigenvalue weighted by atomic mass is 16.3. The predicted octanol–water partition coefficient (Wildman–Crippen LogP) is 15.5. The minimum absolute atomic E-state index is 0.375. The summed E-state index contributed by atoms with van der Waals surface area (Å²) in [6.07, 6.45) is 62.2. The molecule has 0 spiro atoms. The summed E-state index contributed by atoms with van der Waals surface area (Å²) in [7, 11) is 0. The lowest BCUT2D eigenvalue weighted by Crippen LogP contribution is -2.48. The maximum absolute atomic E-state index is 12.5. The third kappa shape index (κ3) is 42.7. The van der Waals surface area contributed by atoms with E-state index in [0.29, 0.717) is 6.42 Å². The number of unbranched alkanes of at least 4 members (excludes halogenated alkanes) is 35. The second-order valence-corrected chi connectivity index (χ2v) is 17.7. The molecule has 0 aliphatic heterocycles. The van der Waals surface area contributed by atoms with Crippen molar-refractivity contribution in [3.05, 3.63) is 36.5 Å². The minimum atomic E-state index is -1.10. The lowest BCUT2D eigenvalue weighted by Gasteiger charge is -2.21. The smallest absolute Gasteiger partial charge is 0.249 e. The first-order valence-corrected chi connectivity index (χ1v) is 25.8. The van der Waals surface area contributed by atoms with E-state index in [9.17, 15) is 20.1 Å². The van der Waals surface area contributed by atoms with Crippen LogP contribution in [0.2, 0.25) is 0 Å². The molecule has 3 unspecified atom stereocenters. The fourth-order valence-corrected chi connectivity index (χ4v) is 7.90. The Kier molecular flexibility index (Phi) is 47.0. The number of nitrogens with one attached hydrogen (secondary N) is 1. The minimum Gasteiger partial charge on any atom is -0.394 e. The molecule has 3 atom stereocenters. The molecular formula is C53H101NO4. The van der Waals surface area contributed by atoms with Crippen molar-refractivity contribution >= 4 is 5.91 Å². The lowest BCUT2D eigenvalue weighted by atomic mass is 10.0. The monoisotopic (exact) mass is 816 g/mol. The van der Waals surface area contributed by atoms with E-state index in [2.05, 4.69) is 43.5 Å². The highest BCUT2D eigenvalue weighted by Crippen LogP contribution is 2.16. The van der Waals surface area contributed by atoms with Gasteiger partial charge < -0.3 is 20.6 Å². The lowest BCUT2D eigenvalue weighted by molar-refractivity contribution is -0.131. The quantitative estimate of drug-likeness (QED) is 0.0364. The molecule has 0 saturated heterocycles. The molecule has 0 fully saturated rings. The normalized spacial score (nSPS) is 13.7. The summed E-state index contributed by atoms with van der Waals surface area (Å²) in [6.45, 7) is 4.16. The summed E-state index contributed by atoms with van der Waals surface area (Å²) < 4.78 is 0. The summed E-state index contributed by atoms with van der Waals surface area (Å²) in [6, 6.07) is -0.812. The first kappa shape index (κ1) is 56.6. The summed E-state index contributed by atoms with van der Waals surface area (Å²) in [5, 5.41) is 33.1. The zero-order valence-electron chi connectivity index (χ0n) is 38.9. The number of aliphatic hydroxyl groups is 3. The maximum Gasteiger partial charge on any atom is 0.249 e. The molecule has 58 heavy (non-hydrogen) atoms. The van der Waals surface area contributed by atoms with Crippen molar-refractivity contribution < 1.29 is 20.1 Å². The molecule has 5 nitrogen and oxygen atoms in total. The van der Waals surface area contributed by atoms with Crippen molar-refractivity contribution in [2.75, 3.05) is 6.61 Å². The fraction of sp³-hybridized carbons (Fsp3) is 0.868. The van der Waals surface area contributed by atoms with Crippen LogP contribution in [0, 0.1) is 0 Å². The van der Waals surface area contributed by atoms with E-state index < -0.39 is 24.2 Å². The topological polar surface area (TPSA) is 89.8 Å². The number of allylic oxidation sites excluding steroid dienone is 5. The van der Waals surface area contributed by atoms with Crippen molar-refractivity contribution in [2.45, 2.75) is 289 Å². The number of amides is 1. The second-order valence-electron chi connectivity index (χ2n) is 17.7. The van der Waals surface area contributed by atoms with Gasteiger partial charge in [0.2, 0.25) is 5.91 Å². The average molecular weight is 816 g/mol. The molecule has 0 heterocycles. The van der Waals surface area contributed by atoms with Gasteiger partial charge in [0.05, 0.1) is 18.8 Å². The molecule has 0 bridgehead atoms. The van der Waals surface area contributed by atoms with Crippen molar-refractivity contribution in [3.8, 4) is 0 Å². The van der Waals surface area contributed by atoms with Gasteiger partial charge in [0.25, 0.3) is 0 Å². The molecule has 0 aromatic heterocycles. The largest absolute Gasteiger partial charge is 0.394 e. The Labute approximate surface area is 362 Å². The van der Waals surface area contributed by atoms with E-state index in [1.807, 2.05) is 6.08 Å². The highest BCUT2D eigenvalue weighted by Gasteiger charge is 2.22. The fourth-order valence-electron chi connectivity index (χ4n) is 7.90. The van der Waals surface area contributed by atoms with Crippen LogP contribution >= 0.6 is 0 Å². The zero-order valence-corrected chi connectivity index (χ0v) is 38.9. The molecule has 5 heteroatoms. The Morgan fingerprint density at radius 3 is 1.05 bits per heavy atom. The number of hydrogen-bond donors (Lipinski definition) is 4. The molecular weight excluding hydrogens is 715 g/mol. The maximum atomic E-state index is 12.5. The molecule has 0 aliphatic rings. The third-order valence-electron chi connectivity index (χ3n) is 12.0. The van der Waals surface area contributed by atoms with Crippen LogP contribution in [0.3, 0.4) is 0 Å². The van der Waals surface area contributed by atoms with Crippen molar-refractivity contribution in [3.63, 3.8) is 0 Å². The molecule has 0 aromatic rings. The van der Waals surface area contributed by atoms with Gasteiger partial charge in [-0.05, 0) is 57.8 Å². The van der Waals surface area contributed by atoms with Crippen molar-refractivity contribution in [1.29, 1.82) is 0 Å². The van der Waals surface area contributed by atoms with Gasteiger partial charge in [-0.2, -0.15) is 0 Å². The average Bonchev–Trinajstić information content (AvgIpc) is 3.23. The molecule has 1 amide bonds. The molecule has 0 saturated carbocycles. The van der Waals surface area contributed by atoms with Gasteiger partial charge in [-0.1, -0.05) is 249 Å². The second kappa shape index (κ2) is 48.2. The zero-order chi connectivity index (χ0) is 42.3. The van der Waals surface area contributed by atoms with Crippen LogP contribution in [0.5, 0.6) is 0 Å². The van der Waals surface area contributed by atoms with Gasteiger partial charge in [0.1, 0.15) is 6.10 Å². The van der Waals surface area contributed by atoms with Gasteiger partial charge in [-0.3, -0.25) is 4.79 Å². The standard InChI is InChI=1S/C53H101NO4/c1-3-5-7-9-11-13-15-17-18-19-20-21-22-23-24-25-26-27-28-29-30-31-32-33-34-35-36-38-40-42-44-46-48-52(57)53(58)54-50(49-55)51(56)47-45-43-41-39-37-16-14-12-10-8-6-4-2/h23-24,37,39,45,47,50-52,55-57H,3-22,25-36,38,40-44,46,48-49H2,1-2H3,(H,54,58)/b24-23-,39-37+,47-45+. The van der Waals surface area contributed by atoms with Crippen LogP contribution in [-0.4, -0.2) is 46.1 Å². The van der Waals surface area contributed by atoms with Gasteiger partial charge in [0.15, 0.2) is 0 Å². The van der Waals surface area contributed by atoms with Gasteiger partial charge in [-0.15, -0.1) is 0 Å². The highest BCUT2D eigenvalue weighted by molar-refractivity contribution is 5.80. The van der Waals surface area contributed by atoms with E-state index in [0.717, 1.165) is 38.5 Å². The van der Waals surface area contributed by atoms with E-state index in [-0.39, 0.29) is 6.61 Å². The molecule has 342 valence electrons. The molecule has 0 radical (unpaired) electrons. The van der Waals surface area contributed by atoms with E-state index in [1.165, 1.54) is 212 Å². The Bertz CT molecular complexity index is 901. The summed E-state index contributed by atoms with van der Waals surface area (Å²) in [5.41, 5.74) is 0.